The van der Waals surface area contributed by atoms with Crippen LogP contribution >= 0.6 is 0 Å². The van der Waals surface area contributed by atoms with Gasteiger partial charge in [-0.05, 0) is 78.3 Å². The second kappa shape index (κ2) is 5.54. The molecule has 4 nitrogen and oxygen atoms in total. The molecule has 1 aliphatic heterocycles. The molecule has 0 spiro atoms. The Labute approximate surface area is 160 Å². The summed E-state index contributed by atoms with van der Waals surface area (Å²) in [7, 11) is 0. The molecule has 140 valence electrons. The molecule has 2 fully saturated rings. The van der Waals surface area contributed by atoms with E-state index in [0.29, 0.717) is 28.7 Å². The Morgan fingerprint density at radius 3 is 2.82 bits per heavy atom. The summed E-state index contributed by atoms with van der Waals surface area (Å²) in [4.78, 5) is 0. The van der Waals surface area contributed by atoms with Gasteiger partial charge in [0.1, 0.15) is 11.9 Å². The topological polar surface area (TPSA) is 64.5 Å². The zero-order valence-electron chi connectivity index (χ0n) is 15.0. The number of fused-ring (bicyclic) bond motifs is 9. The van der Waals surface area contributed by atoms with Gasteiger partial charge in [-0.25, -0.2) is 4.39 Å². The third kappa shape index (κ3) is 1.99. The lowest BCUT2D eigenvalue weighted by Gasteiger charge is -2.43. The number of aromatic amines is 1. The van der Waals surface area contributed by atoms with Crippen molar-refractivity contribution in [3.63, 3.8) is 0 Å². The highest BCUT2D eigenvalue weighted by atomic mass is 19.1. The largest absolute Gasteiger partial charge is 0.378 e. The van der Waals surface area contributed by atoms with Crippen LogP contribution in [0.3, 0.4) is 0 Å². The molecule has 5 unspecified atom stereocenters. The summed E-state index contributed by atoms with van der Waals surface area (Å²) in [6.45, 7) is 0. The van der Waals surface area contributed by atoms with E-state index in [4.69, 9.17) is 0 Å². The zero-order chi connectivity index (χ0) is 19.0. The van der Waals surface area contributed by atoms with Crippen LogP contribution in [-0.2, 0) is 0 Å². The van der Waals surface area contributed by atoms with Gasteiger partial charge in [0.2, 0.25) is 5.95 Å². The number of nitrogens with one attached hydrogen (secondary N) is 2. The van der Waals surface area contributed by atoms with E-state index in [9.17, 15) is 14.0 Å². The molecule has 2 heterocycles. The fourth-order valence-corrected chi connectivity index (χ4v) is 6.20. The van der Waals surface area contributed by atoms with Crippen molar-refractivity contribution in [2.45, 2.75) is 31.2 Å². The Morgan fingerprint density at radius 2 is 1.96 bits per heavy atom. The highest BCUT2D eigenvalue weighted by Gasteiger charge is 2.54. The van der Waals surface area contributed by atoms with Crippen molar-refractivity contribution < 1.29 is 8.78 Å². The molecule has 0 saturated heterocycles. The molecular formula is C22H18F2N4. The first-order valence-corrected chi connectivity index (χ1v) is 9.78. The minimum absolute atomic E-state index is 0.00656. The van der Waals surface area contributed by atoms with E-state index >= 15 is 0 Å². The molecule has 1 aromatic heterocycles. The van der Waals surface area contributed by atoms with Gasteiger partial charge in [0.15, 0.2) is 0 Å². The fraction of sp³-hybridized carbons (Fsp3) is 0.364. The van der Waals surface area contributed by atoms with E-state index in [2.05, 4.69) is 15.5 Å². The smallest absolute Gasteiger partial charge is 0.217 e. The van der Waals surface area contributed by atoms with Crippen LogP contribution in [0, 0.1) is 40.8 Å². The summed E-state index contributed by atoms with van der Waals surface area (Å²) in [6.07, 6.45) is 3.49. The number of hydrogen-bond acceptors (Lipinski definition) is 3. The maximum absolute atomic E-state index is 14.6. The number of benzene rings is 2. The lowest BCUT2D eigenvalue weighted by atomic mass is 9.67. The molecule has 2 bridgehead atoms. The van der Waals surface area contributed by atoms with E-state index in [1.54, 1.807) is 12.1 Å². The number of nitriles is 1. The summed E-state index contributed by atoms with van der Waals surface area (Å²) in [5, 5.41) is 20.1. The summed E-state index contributed by atoms with van der Waals surface area (Å²) < 4.78 is 28.5. The second-order valence-corrected chi connectivity index (χ2v) is 8.37. The van der Waals surface area contributed by atoms with Crippen LogP contribution in [0.4, 0.5) is 14.5 Å². The van der Waals surface area contributed by atoms with Gasteiger partial charge in [-0.3, -0.25) is 5.10 Å². The van der Waals surface area contributed by atoms with Gasteiger partial charge in [0.25, 0.3) is 0 Å². The van der Waals surface area contributed by atoms with Gasteiger partial charge in [0, 0.05) is 5.69 Å². The lowest BCUT2D eigenvalue weighted by Crippen LogP contribution is -2.35. The zero-order valence-corrected chi connectivity index (χ0v) is 15.0. The monoisotopic (exact) mass is 376 g/mol. The molecular weight excluding hydrogens is 358 g/mol. The van der Waals surface area contributed by atoms with Crippen LogP contribution in [0.1, 0.15) is 47.9 Å². The van der Waals surface area contributed by atoms with Crippen LogP contribution in [0.5, 0.6) is 0 Å². The Bertz CT molecular complexity index is 1160. The van der Waals surface area contributed by atoms with Gasteiger partial charge in [-0.1, -0.05) is 6.07 Å². The number of H-pyrrole nitrogens is 1. The van der Waals surface area contributed by atoms with Gasteiger partial charge >= 0.3 is 0 Å². The van der Waals surface area contributed by atoms with E-state index < -0.39 is 5.82 Å². The van der Waals surface area contributed by atoms with Crippen molar-refractivity contribution in [3.05, 3.63) is 58.8 Å². The Kier molecular flexibility index (Phi) is 3.18. The lowest BCUT2D eigenvalue weighted by molar-refractivity contribution is 0.248. The van der Waals surface area contributed by atoms with Crippen molar-refractivity contribution in [1.82, 2.24) is 10.2 Å². The minimum Gasteiger partial charge on any atom is -0.378 e. The first kappa shape index (κ1) is 16.1. The number of hydrogen-bond donors (Lipinski definition) is 2. The van der Waals surface area contributed by atoms with Gasteiger partial charge in [-0.2, -0.15) is 14.8 Å². The Hall–Kier alpha value is -2.94. The molecule has 2 aliphatic carbocycles. The van der Waals surface area contributed by atoms with Crippen molar-refractivity contribution in [1.29, 1.82) is 5.26 Å². The van der Waals surface area contributed by atoms with E-state index in [-0.39, 0.29) is 23.5 Å². The van der Waals surface area contributed by atoms with Crippen LogP contribution in [0.25, 0.3) is 10.9 Å². The molecule has 2 N–H and O–H groups in total. The molecule has 0 amide bonds. The average Bonchev–Trinajstić information content (AvgIpc) is 3.43. The summed E-state index contributed by atoms with van der Waals surface area (Å²) in [5.74, 6) is 0.793. The number of halogens is 2. The van der Waals surface area contributed by atoms with E-state index in [0.717, 1.165) is 23.2 Å². The molecule has 28 heavy (non-hydrogen) atoms. The third-order valence-electron chi connectivity index (χ3n) is 7.20. The quantitative estimate of drug-likeness (QED) is 0.627. The van der Waals surface area contributed by atoms with Crippen LogP contribution in [0.2, 0.25) is 0 Å². The first-order chi connectivity index (χ1) is 13.7. The van der Waals surface area contributed by atoms with E-state index in [1.165, 1.54) is 18.9 Å². The second-order valence-electron chi connectivity index (χ2n) is 8.37. The Morgan fingerprint density at radius 1 is 1.11 bits per heavy atom. The van der Waals surface area contributed by atoms with Crippen LogP contribution in [0.15, 0.2) is 30.3 Å². The summed E-state index contributed by atoms with van der Waals surface area (Å²) >= 11 is 0. The molecule has 2 aromatic carbocycles. The maximum atomic E-state index is 14.6. The molecule has 3 aromatic rings. The highest BCUT2D eigenvalue weighted by Crippen LogP contribution is 2.64. The molecule has 6 heteroatoms. The Balaban J connectivity index is 1.56. The number of aromatic nitrogens is 2. The third-order valence-corrected chi connectivity index (χ3v) is 7.20. The van der Waals surface area contributed by atoms with E-state index in [1.807, 2.05) is 18.2 Å². The van der Waals surface area contributed by atoms with Crippen molar-refractivity contribution >= 4 is 16.6 Å². The van der Waals surface area contributed by atoms with Gasteiger partial charge in [0.05, 0.1) is 22.5 Å². The number of nitrogens with zero attached hydrogens (tertiary/aromatic N) is 2. The average molecular weight is 376 g/mol. The molecule has 0 radical (unpaired) electrons. The summed E-state index contributed by atoms with van der Waals surface area (Å²) in [5.41, 5.74) is 3.63. The molecule has 6 rings (SSSR count). The SMILES string of the molecule is N#Cc1cc(C2Nc3ccc4n[nH]c(F)c4c3C3C4CCC(C4)C23)ccc1F. The molecule has 5 atom stereocenters. The van der Waals surface area contributed by atoms with Gasteiger partial charge in [-0.15, -0.1) is 0 Å². The van der Waals surface area contributed by atoms with Crippen molar-refractivity contribution in [2.75, 3.05) is 5.32 Å². The normalized spacial score (nSPS) is 30.0. The first-order valence-electron chi connectivity index (χ1n) is 9.78. The van der Waals surface area contributed by atoms with Crippen LogP contribution in [-0.4, -0.2) is 10.2 Å². The predicted molar refractivity (Wildman–Crippen MR) is 101 cm³/mol. The van der Waals surface area contributed by atoms with Gasteiger partial charge < -0.3 is 5.32 Å². The predicted octanol–water partition coefficient (Wildman–Crippen LogP) is 5.01. The molecule has 2 saturated carbocycles. The van der Waals surface area contributed by atoms with Crippen molar-refractivity contribution in [2.24, 2.45) is 17.8 Å². The standard InChI is InChI=1S/C22H18F2N4/c23-14-4-3-12(8-13(14)9-25)21-18-11-2-1-10(7-11)17(18)19-15(26-21)5-6-16-20(19)22(24)28-27-16/h3-6,8,10-11,17-18,21,26H,1-2,7H2,(H,27,28). The van der Waals surface area contributed by atoms with Crippen molar-refractivity contribution in [3.8, 4) is 6.07 Å². The minimum atomic E-state index is -0.492. The number of rotatable bonds is 1. The van der Waals surface area contributed by atoms with Crippen LogP contribution < -0.4 is 5.32 Å². The highest BCUT2D eigenvalue weighted by molar-refractivity contribution is 5.89. The maximum Gasteiger partial charge on any atom is 0.217 e. The molecule has 3 aliphatic rings. The summed E-state index contributed by atoms with van der Waals surface area (Å²) in [6, 6.07) is 10.6. The number of anilines is 1. The fourth-order valence-electron chi connectivity index (χ4n) is 6.20.